The van der Waals surface area contributed by atoms with E-state index in [2.05, 4.69) is 31.9 Å². The van der Waals surface area contributed by atoms with Gasteiger partial charge in [0.15, 0.2) is 5.16 Å². The topological polar surface area (TPSA) is 89.9 Å². The van der Waals surface area contributed by atoms with Crippen LogP contribution >= 0.6 is 23.4 Å². The highest BCUT2D eigenvalue weighted by Gasteiger charge is 2.34. The van der Waals surface area contributed by atoms with Gasteiger partial charge in [-0.2, -0.15) is 0 Å². The minimum Gasteiger partial charge on any atom is -0.419 e. The molecular formula is C21H23ClN6O2S. The molecule has 5 rings (SSSR count). The van der Waals surface area contributed by atoms with Gasteiger partial charge in [0.1, 0.15) is 5.82 Å². The molecule has 10 heteroatoms. The van der Waals surface area contributed by atoms with Crippen LogP contribution in [0.3, 0.4) is 0 Å². The molecule has 0 radical (unpaired) electrons. The van der Waals surface area contributed by atoms with Crippen LogP contribution in [0.25, 0.3) is 11.5 Å². The molecule has 0 N–H and O–H groups in total. The fourth-order valence-corrected chi connectivity index (χ4v) is 4.68. The van der Waals surface area contributed by atoms with Crippen molar-refractivity contribution >= 4 is 29.3 Å². The molecule has 2 heterocycles. The zero-order valence-electron chi connectivity index (χ0n) is 17.2. The molecule has 1 aromatic carbocycles. The van der Waals surface area contributed by atoms with Crippen LogP contribution in [-0.4, -0.2) is 47.6 Å². The van der Waals surface area contributed by atoms with Gasteiger partial charge in [0.05, 0.1) is 22.9 Å². The molecule has 31 heavy (non-hydrogen) atoms. The quantitative estimate of drug-likeness (QED) is 0.444. The second kappa shape index (κ2) is 8.63. The molecular weight excluding hydrogens is 436 g/mol. The monoisotopic (exact) mass is 458 g/mol. The van der Waals surface area contributed by atoms with Gasteiger partial charge in [0.2, 0.25) is 17.7 Å². The summed E-state index contributed by atoms with van der Waals surface area (Å²) in [6, 6.07) is 7.56. The van der Waals surface area contributed by atoms with E-state index in [4.69, 9.17) is 16.0 Å². The van der Waals surface area contributed by atoms with Gasteiger partial charge < -0.3 is 13.9 Å². The summed E-state index contributed by atoms with van der Waals surface area (Å²) in [6.45, 7) is 3.20. The standard InChI is InChI=1S/C21H23ClN6O2S/c1-2-27-19(13-7-8-13)24-26-21(27)31-12-18(29)28(14-9-10-14)11-17-23-25-20(30-17)15-5-3-4-6-16(15)22/h3-6,13-14H,2,7-12H2,1H3. The lowest BCUT2D eigenvalue weighted by atomic mass is 10.2. The number of carbonyl (C=O) groups excluding carboxylic acids is 1. The maximum Gasteiger partial charge on any atom is 0.249 e. The fourth-order valence-electron chi connectivity index (χ4n) is 3.57. The summed E-state index contributed by atoms with van der Waals surface area (Å²) in [6.07, 6.45) is 4.35. The summed E-state index contributed by atoms with van der Waals surface area (Å²) in [5, 5.41) is 18.3. The predicted molar refractivity (Wildman–Crippen MR) is 117 cm³/mol. The third-order valence-corrected chi connectivity index (χ3v) is 6.79. The van der Waals surface area contributed by atoms with Crippen LogP contribution in [0.5, 0.6) is 0 Å². The van der Waals surface area contributed by atoms with Crippen molar-refractivity contribution in [2.24, 2.45) is 0 Å². The van der Waals surface area contributed by atoms with Gasteiger partial charge in [0.25, 0.3) is 0 Å². The lowest BCUT2D eigenvalue weighted by Gasteiger charge is -2.20. The summed E-state index contributed by atoms with van der Waals surface area (Å²) in [4.78, 5) is 14.9. The van der Waals surface area contributed by atoms with Crippen molar-refractivity contribution in [3.63, 3.8) is 0 Å². The summed E-state index contributed by atoms with van der Waals surface area (Å²) in [5.74, 6) is 2.71. The van der Waals surface area contributed by atoms with Gasteiger partial charge in [-0.15, -0.1) is 20.4 Å². The first-order valence-corrected chi connectivity index (χ1v) is 11.9. The maximum atomic E-state index is 13.0. The SMILES string of the molecule is CCn1c(SCC(=O)N(Cc2nnc(-c3ccccc3Cl)o2)C2CC2)nnc1C1CC1. The highest BCUT2D eigenvalue weighted by molar-refractivity contribution is 7.99. The number of carbonyl (C=O) groups is 1. The number of amides is 1. The lowest BCUT2D eigenvalue weighted by Crippen LogP contribution is -2.34. The number of benzene rings is 1. The molecule has 0 unspecified atom stereocenters. The molecule has 8 nitrogen and oxygen atoms in total. The number of halogens is 1. The van der Waals surface area contributed by atoms with Crippen molar-refractivity contribution < 1.29 is 9.21 Å². The van der Waals surface area contributed by atoms with E-state index < -0.39 is 0 Å². The molecule has 2 saturated carbocycles. The van der Waals surface area contributed by atoms with E-state index in [-0.39, 0.29) is 11.9 Å². The number of hydrogen-bond donors (Lipinski definition) is 0. The highest BCUT2D eigenvalue weighted by atomic mass is 35.5. The third kappa shape index (κ3) is 4.48. The van der Waals surface area contributed by atoms with Crippen LogP contribution in [0.4, 0.5) is 0 Å². The smallest absolute Gasteiger partial charge is 0.249 e. The van der Waals surface area contributed by atoms with Crippen LogP contribution < -0.4 is 0 Å². The van der Waals surface area contributed by atoms with Gasteiger partial charge in [-0.25, -0.2) is 0 Å². The van der Waals surface area contributed by atoms with Crippen molar-refractivity contribution in [2.75, 3.05) is 5.75 Å². The number of thioether (sulfide) groups is 1. The molecule has 2 aliphatic carbocycles. The van der Waals surface area contributed by atoms with Crippen molar-refractivity contribution in [3.05, 3.63) is 41.0 Å². The molecule has 2 aromatic heterocycles. The average molecular weight is 459 g/mol. The Balaban J connectivity index is 1.25. The van der Waals surface area contributed by atoms with Gasteiger partial charge in [0, 0.05) is 18.5 Å². The average Bonchev–Trinajstić information content (AvgIpc) is 3.71. The Bertz CT molecular complexity index is 1090. The van der Waals surface area contributed by atoms with E-state index >= 15 is 0 Å². The van der Waals surface area contributed by atoms with Crippen LogP contribution in [-0.2, 0) is 17.9 Å². The Morgan fingerprint density at radius 1 is 1.19 bits per heavy atom. The fraction of sp³-hybridized carbons (Fsp3) is 0.476. The Morgan fingerprint density at radius 2 is 2.00 bits per heavy atom. The molecule has 1 amide bonds. The van der Waals surface area contributed by atoms with E-state index in [1.807, 2.05) is 23.1 Å². The Morgan fingerprint density at radius 3 is 2.71 bits per heavy atom. The van der Waals surface area contributed by atoms with Gasteiger partial charge in [-0.1, -0.05) is 35.5 Å². The third-order valence-electron chi connectivity index (χ3n) is 5.51. The van der Waals surface area contributed by atoms with E-state index in [1.54, 1.807) is 6.07 Å². The molecule has 3 aromatic rings. The zero-order valence-corrected chi connectivity index (χ0v) is 18.8. The number of rotatable bonds is 9. The molecule has 0 aliphatic heterocycles. The zero-order chi connectivity index (χ0) is 21.4. The van der Waals surface area contributed by atoms with E-state index in [1.165, 1.54) is 24.6 Å². The summed E-state index contributed by atoms with van der Waals surface area (Å²) in [5.41, 5.74) is 0.688. The van der Waals surface area contributed by atoms with Crippen molar-refractivity contribution in [1.82, 2.24) is 29.9 Å². The summed E-state index contributed by atoms with van der Waals surface area (Å²) >= 11 is 7.67. The normalized spacial score (nSPS) is 15.9. The molecule has 2 fully saturated rings. The molecule has 0 bridgehead atoms. The highest BCUT2D eigenvalue weighted by Crippen LogP contribution is 2.40. The van der Waals surface area contributed by atoms with Crippen LogP contribution in [0.1, 0.15) is 50.2 Å². The Kier molecular flexibility index (Phi) is 5.71. The van der Waals surface area contributed by atoms with Crippen molar-refractivity contribution in [1.29, 1.82) is 0 Å². The first-order chi connectivity index (χ1) is 15.1. The lowest BCUT2D eigenvalue weighted by molar-refractivity contribution is -0.129. The van der Waals surface area contributed by atoms with Crippen LogP contribution in [0, 0.1) is 0 Å². The predicted octanol–water partition coefficient (Wildman–Crippen LogP) is 4.16. The molecule has 0 saturated heterocycles. The molecule has 2 aliphatic rings. The van der Waals surface area contributed by atoms with Gasteiger partial charge in [-0.3, -0.25) is 4.79 Å². The molecule has 0 spiro atoms. The first-order valence-electron chi connectivity index (χ1n) is 10.6. The largest absolute Gasteiger partial charge is 0.419 e. The molecule has 162 valence electrons. The first kappa shape index (κ1) is 20.5. The van der Waals surface area contributed by atoms with Gasteiger partial charge in [-0.05, 0) is 44.7 Å². The maximum absolute atomic E-state index is 13.0. The van der Waals surface area contributed by atoms with Crippen molar-refractivity contribution in [3.8, 4) is 11.5 Å². The number of aromatic nitrogens is 5. The van der Waals surface area contributed by atoms with E-state index in [0.29, 0.717) is 40.6 Å². The van der Waals surface area contributed by atoms with Crippen LogP contribution in [0.2, 0.25) is 5.02 Å². The summed E-state index contributed by atoms with van der Waals surface area (Å²) < 4.78 is 7.94. The number of nitrogens with zero attached hydrogens (tertiary/aromatic N) is 6. The minimum absolute atomic E-state index is 0.0450. The van der Waals surface area contributed by atoms with Gasteiger partial charge >= 0.3 is 0 Å². The van der Waals surface area contributed by atoms with Crippen LogP contribution in [0.15, 0.2) is 33.8 Å². The number of hydrogen-bond acceptors (Lipinski definition) is 7. The summed E-state index contributed by atoms with van der Waals surface area (Å²) in [7, 11) is 0. The van der Waals surface area contributed by atoms with E-state index in [9.17, 15) is 4.79 Å². The molecule has 0 atom stereocenters. The Labute approximate surface area is 189 Å². The van der Waals surface area contributed by atoms with Crippen molar-refractivity contribution in [2.45, 2.75) is 62.8 Å². The minimum atomic E-state index is 0.0450. The second-order valence-corrected chi connectivity index (χ2v) is 9.23. The second-order valence-electron chi connectivity index (χ2n) is 7.88. The Hall–Kier alpha value is -2.39. The van der Waals surface area contributed by atoms with E-state index in [0.717, 1.165) is 30.4 Å².